The van der Waals surface area contributed by atoms with E-state index in [2.05, 4.69) is 20.0 Å². The summed E-state index contributed by atoms with van der Waals surface area (Å²) in [7, 11) is 0. The second-order valence-electron chi connectivity index (χ2n) is 7.09. The molecule has 150 valence electrons. The summed E-state index contributed by atoms with van der Waals surface area (Å²) in [6.45, 7) is 2.56. The van der Waals surface area contributed by atoms with Crippen molar-refractivity contribution in [3.05, 3.63) is 77.7 Å². The number of hydrogen-bond acceptors (Lipinski definition) is 5. The first-order valence-corrected chi connectivity index (χ1v) is 10.1. The van der Waals surface area contributed by atoms with E-state index in [0.29, 0.717) is 36.8 Å². The van der Waals surface area contributed by atoms with Crippen LogP contribution in [0.3, 0.4) is 0 Å². The molecule has 0 unspecified atom stereocenters. The van der Waals surface area contributed by atoms with Gasteiger partial charge in [-0.15, -0.1) is 0 Å². The molecule has 0 saturated carbocycles. The molecule has 1 amide bonds. The largest absolute Gasteiger partial charge is 0.352 e. The van der Waals surface area contributed by atoms with E-state index in [0.717, 1.165) is 22.5 Å². The smallest absolute Gasteiger partial charge is 0.255 e. The number of aromatic nitrogens is 4. The summed E-state index contributed by atoms with van der Waals surface area (Å²) in [5.41, 5.74) is 2.26. The van der Waals surface area contributed by atoms with Gasteiger partial charge in [-0.05, 0) is 24.3 Å². The lowest BCUT2D eigenvalue weighted by molar-refractivity contribution is 0.0747. The van der Waals surface area contributed by atoms with Crippen LogP contribution in [0.15, 0.2) is 67.1 Å². The highest BCUT2D eigenvalue weighted by molar-refractivity contribution is 6.33. The summed E-state index contributed by atoms with van der Waals surface area (Å²) < 4.78 is 1.82. The molecule has 1 aliphatic rings. The molecule has 0 bridgehead atoms. The van der Waals surface area contributed by atoms with Gasteiger partial charge in [0, 0.05) is 26.2 Å². The number of halogens is 1. The van der Waals surface area contributed by atoms with E-state index in [1.54, 1.807) is 24.7 Å². The van der Waals surface area contributed by atoms with E-state index in [-0.39, 0.29) is 5.91 Å². The van der Waals surface area contributed by atoms with Gasteiger partial charge in [-0.1, -0.05) is 41.9 Å². The van der Waals surface area contributed by atoms with Crippen LogP contribution in [-0.4, -0.2) is 56.7 Å². The maximum absolute atomic E-state index is 12.8. The highest BCUT2D eigenvalue weighted by Crippen LogP contribution is 2.26. The normalized spacial score (nSPS) is 14.3. The van der Waals surface area contributed by atoms with Crippen molar-refractivity contribution in [2.75, 3.05) is 31.1 Å². The molecule has 2 aromatic heterocycles. The van der Waals surface area contributed by atoms with Crippen LogP contribution in [0.4, 0.5) is 5.82 Å². The van der Waals surface area contributed by atoms with E-state index in [1.165, 1.54) is 0 Å². The molecule has 1 fully saturated rings. The van der Waals surface area contributed by atoms with E-state index in [9.17, 15) is 4.79 Å². The minimum Gasteiger partial charge on any atom is -0.352 e. The summed E-state index contributed by atoms with van der Waals surface area (Å²) in [6, 6.07) is 17.1. The lowest BCUT2D eigenvalue weighted by Gasteiger charge is -2.35. The second-order valence-corrected chi connectivity index (χ2v) is 7.49. The van der Waals surface area contributed by atoms with E-state index in [1.807, 2.05) is 52.0 Å². The first kappa shape index (κ1) is 18.6. The number of carbonyl (C=O) groups is 1. The Bertz CT molecular complexity index is 1200. The zero-order valence-electron chi connectivity index (χ0n) is 16.1. The van der Waals surface area contributed by atoms with Gasteiger partial charge in [-0.3, -0.25) is 4.79 Å². The van der Waals surface area contributed by atoms with Gasteiger partial charge in [0.1, 0.15) is 12.1 Å². The molecule has 3 heterocycles. The fourth-order valence-electron chi connectivity index (χ4n) is 3.77. The van der Waals surface area contributed by atoms with Gasteiger partial charge in [0.15, 0.2) is 5.65 Å². The minimum atomic E-state index is -0.0371. The van der Waals surface area contributed by atoms with Crippen LogP contribution in [0.5, 0.6) is 0 Å². The molecule has 30 heavy (non-hydrogen) atoms. The molecular weight excluding hydrogens is 400 g/mol. The first-order chi connectivity index (χ1) is 14.7. The number of anilines is 1. The Morgan fingerprint density at radius 2 is 1.63 bits per heavy atom. The lowest BCUT2D eigenvalue weighted by Crippen LogP contribution is -2.49. The van der Waals surface area contributed by atoms with Gasteiger partial charge < -0.3 is 9.80 Å². The van der Waals surface area contributed by atoms with Crippen LogP contribution in [-0.2, 0) is 0 Å². The molecule has 5 rings (SSSR count). The Morgan fingerprint density at radius 1 is 0.900 bits per heavy atom. The Hall–Kier alpha value is -3.45. The Balaban J connectivity index is 1.37. The number of nitrogens with zero attached hydrogens (tertiary/aromatic N) is 6. The van der Waals surface area contributed by atoms with Crippen molar-refractivity contribution in [1.29, 1.82) is 0 Å². The lowest BCUT2D eigenvalue weighted by atomic mass is 10.1. The maximum Gasteiger partial charge on any atom is 0.255 e. The van der Waals surface area contributed by atoms with E-state index >= 15 is 0 Å². The molecule has 0 radical (unpaired) electrons. The number of benzene rings is 2. The molecule has 1 saturated heterocycles. The third-order valence-corrected chi connectivity index (χ3v) is 5.65. The van der Waals surface area contributed by atoms with Gasteiger partial charge in [0.25, 0.3) is 5.91 Å². The second kappa shape index (κ2) is 7.76. The Labute approximate surface area is 178 Å². The van der Waals surface area contributed by atoms with Gasteiger partial charge in [-0.25, -0.2) is 14.6 Å². The van der Waals surface area contributed by atoms with Crippen molar-refractivity contribution >= 4 is 34.4 Å². The fraction of sp³-hybridized carbons (Fsp3) is 0.182. The highest BCUT2D eigenvalue weighted by Gasteiger charge is 2.25. The third kappa shape index (κ3) is 3.27. The number of carbonyl (C=O) groups excluding carboxylic acids is 1. The van der Waals surface area contributed by atoms with Gasteiger partial charge >= 0.3 is 0 Å². The van der Waals surface area contributed by atoms with Crippen molar-refractivity contribution in [3.8, 4) is 5.69 Å². The highest BCUT2D eigenvalue weighted by atomic mass is 35.5. The number of fused-ring (bicyclic) bond motifs is 1. The van der Waals surface area contributed by atoms with Crippen molar-refractivity contribution in [3.63, 3.8) is 0 Å². The number of amides is 1. The summed E-state index contributed by atoms with van der Waals surface area (Å²) >= 11 is 6.20. The zero-order chi connectivity index (χ0) is 20.5. The predicted molar refractivity (Wildman–Crippen MR) is 116 cm³/mol. The number of hydrogen-bond donors (Lipinski definition) is 0. The summed E-state index contributed by atoms with van der Waals surface area (Å²) in [5, 5.41) is 5.90. The van der Waals surface area contributed by atoms with Crippen LogP contribution < -0.4 is 4.90 Å². The zero-order valence-corrected chi connectivity index (χ0v) is 16.9. The van der Waals surface area contributed by atoms with Crippen LogP contribution in [0, 0.1) is 0 Å². The minimum absolute atomic E-state index is 0.0371. The van der Waals surface area contributed by atoms with Gasteiger partial charge in [-0.2, -0.15) is 5.10 Å². The van der Waals surface area contributed by atoms with Crippen molar-refractivity contribution in [2.24, 2.45) is 0 Å². The molecule has 2 aromatic carbocycles. The van der Waals surface area contributed by atoms with Gasteiger partial charge in [0.05, 0.1) is 27.9 Å². The molecule has 4 aromatic rings. The number of para-hydroxylation sites is 1. The number of rotatable bonds is 3. The topological polar surface area (TPSA) is 67.2 Å². The van der Waals surface area contributed by atoms with Crippen molar-refractivity contribution in [2.45, 2.75) is 0 Å². The predicted octanol–water partition coefficient (Wildman–Crippen LogP) is 3.43. The quantitative estimate of drug-likeness (QED) is 0.510. The average Bonchev–Trinajstić information content (AvgIpc) is 3.24. The monoisotopic (exact) mass is 418 g/mol. The molecule has 7 nitrogen and oxygen atoms in total. The maximum atomic E-state index is 12.8. The first-order valence-electron chi connectivity index (χ1n) is 9.75. The molecule has 1 aliphatic heterocycles. The molecule has 0 N–H and O–H groups in total. The Morgan fingerprint density at radius 3 is 2.40 bits per heavy atom. The summed E-state index contributed by atoms with van der Waals surface area (Å²) in [6.07, 6.45) is 3.37. The Kier molecular flexibility index (Phi) is 4.80. The van der Waals surface area contributed by atoms with Crippen LogP contribution >= 0.6 is 11.6 Å². The van der Waals surface area contributed by atoms with Crippen LogP contribution in [0.25, 0.3) is 16.7 Å². The third-order valence-electron chi connectivity index (χ3n) is 5.32. The van der Waals surface area contributed by atoms with Crippen LogP contribution in [0.2, 0.25) is 5.02 Å². The molecule has 0 aliphatic carbocycles. The fourth-order valence-corrected chi connectivity index (χ4v) is 3.98. The standard InChI is InChI=1S/C22H19ClN6O/c23-19-9-5-4-8-17(19)22(30)28-12-10-27(11-13-28)20-18-14-26-29(21(18)25-15-24-20)16-6-2-1-3-7-16/h1-9,14-15H,10-13H2. The van der Waals surface area contributed by atoms with Gasteiger partial charge in [0.2, 0.25) is 0 Å². The molecule has 0 spiro atoms. The van der Waals surface area contributed by atoms with E-state index in [4.69, 9.17) is 11.6 Å². The van der Waals surface area contributed by atoms with Crippen LogP contribution in [0.1, 0.15) is 10.4 Å². The SMILES string of the molecule is O=C(c1ccccc1Cl)N1CCN(c2ncnc3c2cnn3-c2ccccc2)CC1. The van der Waals surface area contributed by atoms with Crippen molar-refractivity contribution in [1.82, 2.24) is 24.6 Å². The summed E-state index contributed by atoms with van der Waals surface area (Å²) in [4.78, 5) is 25.8. The molecular formula is C22H19ClN6O. The number of piperazine rings is 1. The molecule has 8 heteroatoms. The van der Waals surface area contributed by atoms with Crippen molar-refractivity contribution < 1.29 is 4.79 Å². The van der Waals surface area contributed by atoms with E-state index < -0.39 is 0 Å². The average molecular weight is 419 g/mol. The summed E-state index contributed by atoms with van der Waals surface area (Å²) in [5.74, 6) is 0.803. The molecule has 0 atom stereocenters.